The molecular formula is C20H21FN4O4S. The van der Waals surface area contributed by atoms with Crippen molar-refractivity contribution >= 4 is 26.6 Å². The lowest BCUT2D eigenvalue weighted by Gasteiger charge is -2.35. The van der Waals surface area contributed by atoms with E-state index < -0.39 is 21.3 Å². The molecule has 1 saturated heterocycles. The molecule has 10 heteroatoms. The Balaban J connectivity index is 1.63. The SMILES string of the molecule is Cn1c(=O)c2cc(S(=O)(=O)N3CCN(c4ccc(F)cc4)CC3)ccc2n(C)c1=O. The predicted octanol–water partition coefficient (Wildman–Crippen LogP) is 0.887. The molecule has 0 spiro atoms. The topological polar surface area (TPSA) is 84.6 Å². The Morgan fingerprint density at radius 1 is 0.867 bits per heavy atom. The molecular weight excluding hydrogens is 411 g/mol. The van der Waals surface area contributed by atoms with Crippen LogP contribution in [0.5, 0.6) is 0 Å². The summed E-state index contributed by atoms with van der Waals surface area (Å²) in [6.45, 7) is 1.47. The summed E-state index contributed by atoms with van der Waals surface area (Å²) in [5.41, 5.74) is 0.207. The third-order valence-corrected chi connectivity index (χ3v) is 7.40. The average molecular weight is 432 g/mol. The largest absolute Gasteiger partial charge is 0.369 e. The maximum Gasteiger partial charge on any atom is 0.330 e. The summed E-state index contributed by atoms with van der Waals surface area (Å²) in [7, 11) is -0.912. The van der Waals surface area contributed by atoms with Crippen molar-refractivity contribution in [2.45, 2.75) is 4.90 Å². The van der Waals surface area contributed by atoms with Crippen molar-refractivity contribution in [1.82, 2.24) is 13.4 Å². The van der Waals surface area contributed by atoms with Gasteiger partial charge in [0.25, 0.3) is 5.56 Å². The number of rotatable bonds is 3. The van der Waals surface area contributed by atoms with E-state index in [1.807, 2.05) is 4.90 Å². The highest BCUT2D eigenvalue weighted by Crippen LogP contribution is 2.23. The lowest BCUT2D eigenvalue weighted by atomic mass is 10.2. The van der Waals surface area contributed by atoms with E-state index >= 15 is 0 Å². The Hall–Kier alpha value is -2.98. The zero-order chi connectivity index (χ0) is 21.6. The second kappa shape index (κ2) is 7.37. The summed E-state index contributed by atoms with van der Waals surface area (Å²) < 4.78 is 43.1. The Kier molecular flexibility index (Phi) is 4.99. The van der Waals surface area contributed by atoms with Gasteiger partial charge >= 0.3 is 5.69 Å². The fourth-order valence-corrected chi connectivity index (χ4v) is 5.17. The molecule has 30 heavy (non-hydrogen) atoms. The molecule has 3 aromatic rings. The van der Waals surface area contributed by atoms with Crippen LogP contribution in [0.2, 0.25) is 0 Å². The van der Waals surface area contributed by atoms with Crippen molar-refractivity contribution in [3.05, 3.63) is 69.1 Å². The second-order valence-electron chi connectivity index (χ2n) is 7.25. The second-order valence-corrected chi connectivity index (χ2v) is 9.19. The van der Waals surface area contributed by atoms with E-state index in [2.05, 4.69) is 0 Å². The van der Waals surface area contributed by atoms with Crippen LogP contribution < -0.4 is 16.1 Å². The third-order valence-electron chi connectivity index (χ3n) is 5.51. The van der Waals surface area contributed by atoms with Gasteiger partial charge in [-0.1, -0.05) is 0 Å². The van der Waals surface area contributed by atoms with Gasteiger partial charge in [-0.2, -0.15) is 4.31 Å². The van der Waals surface area contributed by atoms with Gasteiger partial charge in [0.05, 0.1) is 15.8 Å². The Bertz CT molecular complexity index is 1340. The van der Waals surface area contributed by atoms with Gasteiger partial charge in [0.1, 0.15) is 5.82 Å². The van der Waals surface area contributed by atoms with Gasteiger partial charge in [0.15, 0.2) is 0 Å². The maximum atomic E-state index is 13.1. The Morgan fingerprint density at radius 3 is 2.13 bits per heavy atom. The smallest absolute Gasteiger partial charge is 0.330 e. The molecule has 4 rings (SSSR count). The maximum absolute atomic E-state index is 13.1. The molecule has 0 N–H and O–H groups in total. The summed E-state index contributed by atoms with van der Waals surface area (Å²) >= 11 is 0. The Labute approximate surface area is 172 Å². The van der Waals surface area contributed by atoms with Crippen LogP contribution in [0.3, 0.4) is 0 Å². The average Bonchev–Trinajstić information content (AvgIpc) is 2.76. The number of nitrogens with zero attached hydrogens (tertiary/aromatic N) is 4. The fraction of sp³-hybridized carbons (Fsp3) is 0.300. The standard InChI is InChI=1S/C20H21FN4O4S/c1-22-18-8-7-16(13-17(18)19(26)23(2)20(22)27)30(28,29)25-11-9-24(10-12-25)15-5-3-14(21)4-6-15/h3-8,13H,9-12H2,1-2H3. The Morgan fingerprint density at radius 2 is 1.50 bits per heavy atom. The normalized spacial score (nSPS) is 15.6. The number of piperazine rings is 1. The van der Waals surface area contributed by atoms with E-state index in [0.29, 0.717) is 18.6 Å². The number of hydrogen-bond acceptors (Lipinski definition) is 5. The van der Waals surface area contributed by atoms with Gasteiger partial charge in [-0.05, 0) is 42.5 Å². The molecule has 1 aliphatic rings. The molecule has 0 bridgehead atoms. The molecule has 1 fully saturated rings. The molecule has 2 heterocycles. The molecule has 0 amide bonds. The van der Waals surface area contributed by atoms with Crippen molar-refractivity contribution in [3.8, 4) is 0 Å². The minimum Gasteiger partial charge on any atom is -0.369 e. The zero-order valence-electron chi connectivity index (χ0n) is 16.6. The fourth-order valence-electron chi connectivity index (χ4n) is 3.72. The highest BCUT2D eigenvalue weighted by molar-refractivity contribution is 7.89. The quantitative estimate of drug-likeness (QED) is 0.614. The molecule has 8 nitrogen and oxygen atoms in total. The molecule has 158 valence electrons. The third kappa shape index (κ3) is 3.31. The summed E-state index contributed by atoms with van der Waals surface area (Å²) in [6, 6.07) is 10.3. The van der Waals surface area contributed by atoms with Crippen LogP contribution in [-0.4, -0.2) is 48.0 Å². The monoisotopic (exact) mass is 432 g/mol. The van der Waals surface area contributed by atoms with Gasteiger partial charge in [-0.25, -0.2) is 17.6 Å². The number of fused-ring (bicyclic) bond motifs is 1. The van der Waals surface area contributed by atoms with Gasteiger partial charge in [-0.15, -0.1) is 0 Å². The number of halogens is 1. The summed E-state index contributed by atoms with van der Waals surface area (Å²) in [4.78, 5) is 26.6. The number of hydrogen-bond donors (Lipinski definition) is 0. The van der Waals surface area contributed by atoms with Gasteiger partial charge < -0.3 is 4.90 Å². The van der Waals surface area contributed by atoms with Gasteiger partial charge in [0.2, 0.25) is 10.0 Å². The van der Waals surface area contributed by atoms with Gasteiger partial charge in [0, 0.05) is 46.0 Å². The minimum atomic E-state index is -3.81. The molecule has 1 aromatic heterocycles. The van der Waals surface area contributed by atoms with E-state index in [9.17, 15) is 22.4 Å². The molecule has 0 radical (unpaired) electrons. The first-order valence-corrected chi connectivity index (χ1v) is 10.8. The van der Waals surface area contributed by atoms with Crippen LogP contribution in [0, 0.1) is 5.82 Å². The van der Waals surface area contributed by atoms with E-state index in [4.69, 9.17) is 0 Å². The van der Waals surface area contributed by atoms with Crippen molar-refractivity contribution in [2.75, 3.05) is 31.1 Å². The van der Waals surface area contributed by atoms with Crippen molar-refractivity contribution < 1.29 is 12.8 Å². The number of aromatic nitrogens is 2. The molecule has 0 aliphatic carbocycles. The first-order chi connectivity index (χ1) is 14.2. The van der Waals surface area contributed by atoms with Crippen LogP contribution in [-0.2, 0) is 24.1 Å². The first kappa shape index (κ1) is 20.3. The lowest BCUT2D eigenvalue weighted by Crippen LogP contribution is -2.48. The van der Waals surface area contributed by atoms with Crippen LogP contribution in [0.25, 0.3) is 10.9 Å². The number of aryl methyl sites for hydroxylation is 1. The van der Waals surface area contributed by atoms with Crippen molar-refractivity contribution in [3.63, 3.8) is 0 Å². The van der Waals surface area contributed by atoms with E-state index in [1.54, 1.807) is 12.1 Å². The van der Waals surface area contributed by atoms with Crippen molar-refractivity contribution in [1.29, 1.82) is 0 Å². The van der Waals surface area contributed by atoms with Crippen LogP contribution in [0.4, 0.5) is 10.1 Å². The number of benzene rings is 2. The molecule has 2 aromatic carbocycles. The predicted molar refractivity (Wildman–Crippen MR) is 112 cm³/mol. The molecule has 0 atom stereocenters. The highest BCUT2D eigenvalue weighted by atomic mass is 32.2. The first-order valence-electron chi connectivity index (χ1n) is 9.40. The molecule has 1 aliphatic heterocycles. The van der Waals surface area contributed by atoms with Crippen LogP contribution in [0.15, 0.2) is 56.9 Å². The van der Waals surface area contributed by atoms with Crippen LogP contribution >= 0.6 is 0 Å². The van der Waals surface area contributed by atoms with Gasteiger partial charge in [-0.3, -0.25) is 13.9 Å². The minimum absolute atomic E-state index is 0.0148. The highest BCUT2D eigenvalue weighted by Gasteiger charge is 2.29. The summed E-state index contributed by atoms with van der Waals surface area (Å²) in [6.07, 6.45) is 0. The summed E-state index contributed by atoms with van der Waals surface area (Å²) in [5.74, 6) is -0.320. The number of sulfonamides is 1. The van der Waals surface area contributed by atoms with E-state index in [-0.39, 0.29) is 29.2 Å². The zero-order valence-corrected chi connectivity index (χ0v) is 17.4. The number of anilines is 1. The van der Waals surface area contributed by atoms with E-state index in [0.717, 1.165) is 10.3 Å². The lowest BCUT2D eigenvalue weighted by molar-refractivity contribution is 0.385. The van der Waals surface area contributed by atoms with E-state index in [1.165, 1.54) is 53.3 Å². The summed E-state index contributed by atoms with van der Waals surface area (Å²) in [5, 5.41) is 0.172. The van der Waals surface area contributed by atoms with Crippen LogP contribution in [0.1, 0.15) is 0 Å². The van der Waals surface area contributed by atoms with Crippen molar-refractivity contribution in [2.24, 2.45) is 14.1 Å². The molecule has 0 saturated carbocycles. The molecule has 0 unspecified atom stereocenters.